The van der Waals surface area contributed by atoms with Crippen LogP contribution in [0.15, 0.2) is 48.7 Å². The number of rotatable bonds is 3. The van der Waals surface area contributed by atoms with E-state index in [2.05, 4.69) is 75.6 Å². The lowest BCUT2D eigenvalue weighted by atomic mass is 10.1. The minimum atomic E-state index is 0.634. The highest BCUT2D eigenvalue weighted by Gasteiger charge is 2.22. The van der Waals surface area contributed by atoms with E-state index in [9.17, 15) is 0 Å². The quantitative estimate of drug-likeness (QED) is 0.793. The number of nitrogens with zero attached hydrogens (tertiary/aromatic N) is 4. The molecule has 0 bridgehead atoms. The summed E-state index contributed by atoms with van der Waals surface area (Å²) in [7, 11) is 0. The van der Waals surface area contributed by atoms with Crippen LogP contribution in [0.2, 0.25) is 0 Å². The third-order valence-electron chi connectivity index (χ3n) is 4.32. The van der Waals surface area contributed by atoms with E-state index in [1.807, 2.05) is 6.07 Å². The average molecular weight is 317 g/mol. The fraction of sp³-hybridized carbons (Fsp3) is 0.211. The Morgan fingerprint density at radius 1 is 1.08 bits per heavy atom. The maximum Gasteiger partial charge on any atom is 0.251 e. The summed E-state index contributed by atoms with van der Waals surface area (Å²) >= 11 is 0. The standard InChI is InChI=1S/C19H19N5/c1-13-7-8-16(14(2)11-13)21-18-12-20-23-19(22-18)24-10-9-15-5-3-4-6-17(15)24/h3-8,11-12H,9-10H2,1-2H3,(H,21,22,23). The number of aryl methyl sites for hydroxylation is 2. The molecular weight excluding hydrogens is 298 g/mol. The number of hydrogen-bond acceptors (Lipinski definition) is 5. The molecule has 1 N–H and O–H groups in total. The van der Waals surface area contributed by atoms with Gasteiger partial charge in [0.25, 0.3) is 5.95 Å². The predicted octanol–water partition coefficient (Wildman–Crippen LogP) is 3.93. The number of fused-ring (bicyclic) bond motifs is 1. The Balaban J connectivity index is 1.63. The van der Waals surface area contributed by atoms with E-state index in [-0.39, 0.29) is 0 Å². The van der Waals surface area contributed by atoms with Gasteiger partial charge in [0.05, 0.1) is 6.20 Å². The van der Waals surface area contributed by atoms with Gasteiger partial charge in [-0.15, -0.1) is 5.10 Å². The minimum Gasteiger partial charge on any atom is -0.339 e. The van der Waals surface area contributed by atoms with E-state index in [4.69, 9.17) is 0 Å². The third kappa shape index (κ3) is 2.69. The first kappa shape index (κ1) is 14.6. The van der Waals surface area contributed by atoms with E-state index in [1.165, 1.54) is 22.4 Å². The van der Waals surface area contributed by atoms with Crippen LogP contribution in [0.25, 0.3) is 0 Å². The van der Waals surface area contributed by atoms with Gasteiger partial charge in [-0.05, 0) is 43.5 Å². The van der Waals surface area contributed by atoms with E-state index in [0.29, 0.717) is 11.8 Å². The number of benzene rings is 2. The van der Waals surface area contributed by atoms with Gasteiger partial charge in [0.2, 0.25) is 0 Å². The SMILES string of the molecule is Cc1ccc(Nc2cnnc(N3CCc4ccccc43)n2)c(C)c1. The van der Waals surface area contributed by atoms with Crippen LogP contribution in [0.5, 0.6) is 0 Å². The summed E-state index contributed by atoms with van der Waals surface area (Å²) in [4.78, 5) is 6.77. The molecule has 0 radical (unpaired) electrons. The number of anilines is 4. The molecule has 0 aliphatic carbocycles. The van der Waals surface area contributed by atoms with Gasteiger partial charge in [-0.2, -0.15) is 10.1 Å². The number of nitrogens with one attached hydrogen (secondary N) is 1. The van der Waals surface area contributed by atoms with Gasteiger partial charge in [-0.25, -0.2) is 0 Å². The van der Waals surface area contributed by atoms with Gasteiger partial charge < -0.3 is 10.2 Å². The van der Waals surface area contributed by atoms with Gasteiger partial charge in [0.15, 0.2) is 5.82 Å². The molecular formula is C19H19N5. The molecule has 120 valence electrons. The molecule has 2 heterocycles. The van der Waals surface area contributed by atoms with Crippen LogP contribution in [0.4, 0.5) is 23.1 Å². The molecule has 1 aliphatic rings. The van der Waals surface area contributed by atoms with Crippen LogP contribution in [0.1, 0.15) is 16.7 Å². The topological polar surface area (TPSA) is 53.9 Å². The lowest BCUT2D eigenvalue weighted by Crippen LogP contribution is -2.17. The fourth-order valence-corrected chi connectivity index (χ4v) is 3.11. The molecule has 0 saturated heterocycles. The second kappa shape index (κ2) is 5.92. The molecule has 0 fully saturated rings. The Morgan fingerprint density at radius 2 is 1.96 bits per heavy atom. The first-order valence-electron chi connectivity index (χ1n) is 8.10. The largest absolute Gasteiger partial charge is 0.339 e. The summed E-state index contributed by atoms with van der Waals surface area (Å²) in [6, 6.07) is 14.7. The molecule has 2 aromatic carbocycles. The van der Waals surface area contributed by atoms with E-state index >= 15 is 0 Å². The Hall–Kier alpha value is -2.95. The number of para-hydroxylation sites is 1. The van der Waals surface area contributed by atoms with Crippen molar-refractivity contribution < 1.29 is 0 Å². The molecule has 3 aromatic rings. The molecule has 0 atom stereocenters. The van der Waals surface area contributed by atoms with Crippen LogP contribution < -0.4 is 10.2 Å². The van der Waals surface area contributed by atoms with Gasteiger partial charge in [-0.3, -0.25) is 0 Å². The van der Waals surface area contributed by atoms with Gasteiger partial charge in [0.1, 0.15) is 0 Å². The summed E-state index contributed by atoms with van der Waals surface area (Å²) in [5.41, 5.74) is 5.96. The average Bonchev–Trinajstić information content (AvgIpc) is 3.02. The van der Waals surface area contributed by atoms with Crippen LogP contribution in [0.3, 0.4) is 0 Å². The van der Waals surface area contributed by atoms with Crippen LogP contribution >= 0.6 is 0 Å². The molecule has 24 heavy (non-hydrogen) atoms. The molecule has 0 saturated carbocycles. The summed E-state index contributed by atoms with van der Waals surface area (Å²) in [6.07, 6.45) is 2.67. The number of aromatic nitrogens is 3. The predicted molar refractivity (Wildman–Crippen MR) is 96.2 cm³/mol. The van der Waals surface area contributed by atoms with Crippen molar-refractivity contribution in [2.75, 3.05) is 16.8 Å². The zero-order chi connectivity index (χ0) is 16.5. The first-order chi connectivity index (χ1) is 11.7. The minimum absolute atomic E-state index is 0.634. The van der Waals surface area contributed by atoms with Crippen molar-refractivity contribution >= 4 is 23.1 Å². The molecule has 5 nitrogen and oxygen atoms in total. The fourth-order valence-electron chi connectivity index (χ4n) is 3.11. The van der Waals surface area contributed by atoms with Gasteiger partial charge in [-0.1, -0.05) is 35.9 Å². The summed E-state index contributed by atoms with van der Waals surface area (Å²) < 4.78 is 0. The second-order valence-corrected chi connectivity index (χ2v) is 6.12. The van der Waals surface area contributed by atoms with Crippen molar-refractivity contribution in [3.8, 4) is 0 Å². The van der Waals surface area contributed by atoms with Crippen molar-refractivity contribution in [2.45, 2.75) is 20.3 Å². The zero-order valence-corrected chi connectivity index (χ0v) is 13.8. The lowest BCUT2D eigenvalue weighted by molar-refractivity contribution is 0.887. The Bertz CT molecular complexity index is 890. The second-order valence-electron chi connectivity index (χ2n) is 6.12. The first-order valence-corrected chi connectivity index (χ1v) is 8.10. The Kier molecular flexibility index (Phi) is 3.61. The van der Waals surface area contributed by atoms with E-state index in [1.54, 1.807) is 6.20 Å². The molecule has 1 aromatic heterocycles. The normalized spacial score (nSPS) is 13.0. The van der Waals surface area contributed by atoms with Crippen LogP contribution in [0, 0.1) is 13.8 Å². The Labute approximate surface area is 141 Å². The Morgan fingerprint density at radius 3 is 2.83 bits per heavy atom. The van der Waals surface area contributed by atoms with Crippen molar-refractivity contribution in [2.24, 2.45) is 0 Å². The van der Waals surface area contributed by atoms with Crippen LogP contribution in [-0.2, 0) is 6.42 Å². The highest BCUT2D eigenvalue weighted by molar-refractivity contribution is 5.67. The molecule has 5 heteroatoms. The number of hydrogen-bond donors (Lipinski definition) is 1. The lowest BCUT2D eigenvalue weighted by Gasteiger charge is -2.17. The highest BCUT2D eigenvalue weighted by atomic mass is 15.3. The highest BCUT2D eigenvalue weighted by Crippen LogP contribution is 2.32. The van der Waals surface area contributed by atoms with Gasteiger partial charge >= 0.3 is 0 Å². The van der Waals surface area contributed by atoms with Crippen LogP contribution in [-0.4, -0.2) is 21.7 Å². The molecule has 0 amide bonds. The summed E-state index contributed by atoms with van der Waals surface area (Å²) in [6.45, 7) is 5.06. The summed E-state index contributed by atoms with van der Waals surface area (Å²) in [5, 5.41) is 11.7. The smallest absolute Gasteiger partial charge is 0.251 e. The van der Waals surface area contributed by atoms with E-state index < -0.39 is 0 Å². The molecule has 0 unspecified atom stereocenters. The maximum absolute atomic E-state index is 4.65. The zero-order valence-electron chi connectivity index (χ0n) is 13.8. The third-order valence-corrected chi connectivity index (χ3v) is 4.32. The molecule has 4 rings (SSSR count). The van der Waals surface area contributed by atoms with Crippen molar-refractivity contribution in [1.82, 2.24) is 15.2 Å². The van der Waals surface area contributed by atoms with Crippen molar-refractivity contribution in [3.63, 3.8) is 0 Å². The van der Waals surface area contributed by atoms with Crippen molar-refractivity contribution in [1.29, 1.82) is 0 Å². The van der Waals surface area contributed by atoms with Crippen molar-refractivity contribution in [3.05, 3.63) is 65.4 Å². The molecule has 0 spiro atoms. The maximum atomic E-state index is 4.65. The summed E-state index contributed by atoms with van der Waals surface area (Å²) in [5.74, 6) is 1.34. The van der Waals surface area contributed by atoms with Gasteiger partial charge in [0, 0.05) is 17.9 Å². The molecule has 1 aliphatic heterocycles. The monoisotopic (exact) mass is 317 g/mol. The van der Waals surface area contributed by atoms with E-state index in [0.717, 1.165) is 18.7 Å².